The molecule has 0 aliphatic heterocycles. The number of thioether (sulfide) groups is 1. The third-order valence-electron chi connectivity index (χ3n) is 3.26. The predicted molar refractivity (Wildman–Crippen MR) is 99.9 cm³/mol. The molecule has 0 bridgehead atoms. The maximum atomic E-state index is 13.6. The first-order chi connectivity index (χ1) is 12.5. The van der Waals surface area contributed by atoms with Crippen LogP contribution in [-0.2, 0) is 4.79 Å². The SMILES string of the molecule is C[C@H](Sc1nnc(Nc2cccc(F)c2)s1)C(=O)Nc1ccccc1F. The second-order valence-corrected chi connectivity index (χ2v) is 7.80. The second kappa shape index (κ2) is 8.24. The number of anilines is 3. The summed E-state index contributed by atoms with van der Waals surface area (Å²) in [6, 6.07) is 12.0. The van der Waals surface area contributed by atoms with E-state index in [0.717, 1.165) is 0 Å². The number of para-hydroxylation sites is 1. The molecule has 26 heavy (non-hydrogen) atoms. The molecule has 2 N–H and O–H groups in total. The molecule has 0 unspecified atom stereocenters. The number of halogens is 2. The fourth-order valence-electron chi connectivity index (χ4n) is 2.00. The van der Waals surface area contributed by atoms with Crippen LogP contribution < -0.4 is 10.6 Å². The van der Waals surface area contributed by atoms with Gasteiger partial charge in [-0.1, -0.05) is 41.3 Å². The second-order valence-electron chi connectivity index (χ2n) is 5.24. The zero-order chi connectivity index (χ0) is 18.5. The number of amides is 1. The minimum Gasteiger partial charge on any atom is -0.330 e. The van der Waals surface area contributed by atoms with Crippen LogP contribution in [-0.4, -0.2) is 21.4 Å². The summed E-state index contributed by atoms with van der Waals surface area (Å²) >= 11 is 2.45. The van der Waals surface area contributed by atoms with Gasteiger partial charge in [-0.2, -0.15) is 0 Å². The highest BCUT2D eigenvalue weighted by Gasteiger charge is 2.18. The molecule has 1 atom stereocenters. The van der Waals surface area contributed by atoms with Crippen molar-refractivity contribution in [2.24, 2.45) is 0 Å². The van der Waals surface area contributed by atoms with Crippen molar-refractivity contribution in [3.05, 3.63) is 60.2 Å². The maximum absolute atomic E-state index is 13.6. The van der Waals surface area contributed by atoms with Crippen molar-refractivity contribution in [3.8, 4) is 0 Å². The summed E-state index contributed by atoms with van der Waals surface area (Å²) < 4.78 is 27.4. The van der Waals surface area contributed by atoms with Crippen molar-refractivity contribution < 1.29 is 13.6 Å². The van der Waals surface area contributed by atoms with Gasteiger partial charge in [-0.15, -0.1) is 10.2 Å². The summed E-state index contributed by atoms with van der Waals surface area (Å²) in [7, 11) is 0. The molecule has 1 amide bonds. The average Bonchev–Trinajstić information content (AvgIpc) is 3.03. The quantitative estimate of drug-likeness (QED) is 0.596. The Morgan fingerprint density at radius 2 is 1.96 bits per heavy atom. The number of hydrogen-bond acceptors (Lipinski definition) is 6. The number of benzene rings is 2. The molecule has 134 valence electrons. The van der Waals surface area contributed by atoms with Gasteiger partial charge in [-0.3, -0.25) is 4.79 Å². The van der Waals surface area contributed by atoms with Gasteiger partial charge in [-0.05, 0) is 37.3 Å². The summed E-state index contributed by atoms with van der Waals surface area (Å²) in [6.45, 7) is 1.70. The van der Waals surface area contributed by atoms with Crippen LogP contribution in [0.2, 0.25) is 0 Å². The molecule has 0 radical (unpaired) electrons. The van der Waals surface area contributed by atoms with Crippen molar-refractivity contribution in [1.29, 1.82) is 0 Å². The Hall–Kier alpha value is -2.52. The Labute approximate surface area is 156 Å². The first-order valence-electron chi connectivity index (χ1n) is 7.59. The van der Waals surface area contributed by atoms with E-state index < -0.39 is 11.1 Å². The van der Waals surface area contributed by atoms with Gasteiger partial charge in [0.05, 0.1) is 10.9 Å². The van der Waals surface area contributed by atoms with E-state index in [9.17, 15) is 13.6 Å². The minimum absolute atomic E-state index is 0.135. The average molecular weight is 392 g/mol. The number of rotatable bonds is 6. The van der Waals surface area contributed by atoms with Crippen LogP contribution in [0.3, 0.4) is 0 Å². The van der Waals surface area contributed by atoms with Crippen molar-refractivity contribution >= 4 is 45.5 Å². The van der Waals surface area contributed by atoms with Gasteiger partial charge >= 0.3 is 0 Å². The number of hydrogen-bond donors (Lipinski definition) is 2. The van der Waals surface area contributed by atoms with Gasteiger partial charge in [0.1, 0.15) is 11.6 Å². The Kier molecular flexibility index (Phi) is 5.79. The zero-order valence-electron chi connectivity index (χ0n) is 13.6. The zero-order valence-corrected chi connectivity index (χ0v) is 15.2. The fraction of sp³-hybridized carbons (Fsp3) is 0.118. The number of carbonyl (C=O) groups excluding carboxylic acids is 1. The molecule has 5 nitrogen and oxygen atoms in total. The molecule has 0 saturated heterocycles. The van der Waals surface area contributed by atoms with E-state index in [0.29, 0.717) is 15.2 Å². The molecule has 0 spiro atoms. The normalized spacial score (nSPS) is 11.8. The van der Waals surface area contributed by atoms with E-state index in [4.69, 9.17) is 0 Å². The van der Waals surface area contributed by atoms with E-state index >= 15 is 0 Å². The molecule has 1 heterocycles. The first-order valence-corrected chi connectivity index (χ1v) is 9.29. The molecule has 1 aromatic heterocycles. The van der Waals surface area contributed by atoms with E-state index in [1.807, 2.05) is 0 Å². The summed E-state index contributed by atoms with van der Waals surface area (Å²) in [5.74, 6) is -1.18. The van der Waals surface area contributed by atoms with Crippen molar-refractivity contribution in [1.82, 2.24) is 10.2 Å². The lowest BCUT2D eigenvalue weighted by molar-refractivity contribution is -0.115. The molecule has 3 rings (SSSR count). The van der Waals surface area contributed by atoms with Crippen LogP contribution in [0.15, 0.2) is 52.9 Å². The van der Waals surface area contributed by atoms with Gasteiger partial charge in [-0.25, -0.2) is 8.78 Å². The van der Waals surface area contributed by atoms with Crippen molar-refractivity contribution in [3.63, 3.8) is 0 Å². The smallest absolute Gasteiger partial charge is 0.237 e. The van der Waals surface area contributed by atoms with Gasteiger partial charge < -0.3 is 10.6 Å². The molecular formula is C17H14F2N4OS2. The van der Waals surface area contributed by atoms with E-state index in [1.54, 1.807) is 31.2 Å². The van der Waals surface area contributed by atoms with Crippen LogP contribution in [0.1, 0.15) is 6.92 Å². The van der Waals surface area contributed by atoms with Crippen LogP contribution >= 0.6 is 23.1 Å². The number of nitrogens with zero attached hydrogens (tertiary/aromatic N) is 2. The lowest BCUT2D eigenvalue weighted by Gasteiger charge is -2.10. The predicted octanol–water partition coefficient (Wildman–Crippen LogP) is 4.68. The summed E-state index contributed by atoms with van der Waals surface area (Å²) in [6.07, 6.45) is 0. The largest absolute Gasteiger partial charge is 0.330 e. The standard InChI is InChI=1S/C17H14F2N4OS2/c1-10(15(24)21-14-8-3-2-7-13(14)19)25-17-23-22-16(26-17)20-12-6-4-5-11(18)9-12/h2-10H,1H3,(H,20,22)(H,21,24)/t10-/m0/s1. The van der Waals surface area contributed by atoms with Crippen molar-refractivity contribution in [2.45, 2.75) is 16.5 Å². The molecule has 0 aliphatic carbocycles. The molecule has 9 heteroatoms. The topological polar surface area (TPSA) is 66.9 Å². The Balaban J connectivity index is 1.59. The Bertz CT molecular complexity index is 919. The van der Waals surface area contributed by atoms with Gasteiger partial charge in [0.2, 0.25) is 11.0 Å². The van der Waals surface area contributed by atoms with Gasteiger partial charge in [0, 0.05) is 5.69 Å². The lowest BCUT2D eigenvalue weighted by Crippen LogP contribution is -2.22. The molecule has 3 aromatic rings. The molecular weight excluding hydrogens is 378 g/mol. The Morgan fingerprint density at radius 1 is 1.15 bits per heavy atom. The monoisotopic (exact) mass is 392 g/mol. The number of carbonyl (C=O) groups is 1. The minimum atomic E-state index is -0.496. The number of nitrogens with one attached hydrogen (secondary N) is 2. The highest BCUT2D eigenvalue weighted by atomic mass is 32.2. The Morgan fingerprint density at radius 3 is 2.73 bits per heavy atom. The lowest BCUT2D eigenvalue weighted by atomic mass is 10.3. The van der Waals surface area contributed by atoms with Gasteiger partial charge in [0.25, 0.3) is 0 Å². The molecule has 2 aromatic carbocycles. The van der Waals surface area contributed by atoms with Crippen LogP contribution in [0.4, 0.5) is 25.3 Å². The van der Waals surface area contributed by atoms with Gasteiger partial charge in [0.15, 0.2) is 4.34 Å². The maximum Gasteiger partial charge on any atom is 0.237 e. The molecule has 0 aliphatic rings. The third kappa shape index (κ3) is 4.77. The highest BCUT2D eigenvalue weighted by Crippen LogP contribution is 2.31. The fourth-order valence-corrected chi connectivity index (χ4v) is 3.92. The first kappa shape index (κ1) is 18.3. The van der Waals surface area contributed by atoms with E-state index in [1.165, 1.54) is 47.4 Å². The summed E-state index contributed by atoms with van der Waals surface area (Å²) in [4.78, 5) is 12.2. The van der Waals surface area contributed by atoms with Crippen molar-refractivity contribution in [2.75, 3.05) is 10.6 Å². The summed E-state index contributed by atoms with van der Waals surface area (Å²) in [5, 5.41) is 13.5. The third-order valence-corrected chi connectivity index (χ3v) is 5.28. The number of aromatic nitrogens is 2. The molecule has 0 fully saturated rings. The van der Waals surface area contributed by atoms with Crippen LogP contribution in [0.25, 0.3) is 0 Å². The van der Waals surface area contributed by atoms with Crippen LogP contribution in [0.5, 0.6) is 0 Å². The van der Waals surface area contributed by atoms with E-state index in [2.05, 4.69) is 20.8 Å². The molecule has 0 saturated carbocycles. The summed E-state index contributed by atoms with van der Waals surface area (Å²) in [5.41, 5.74) is 0.693. The van der Waals surface area contributed by atoms with Crippen LogP contribution in [0, 0.1) is 11.6 Å². The highest BCUT2D eigenvalue weighted by molar-refractivity contribution is 8.02. The van der Waals surface area contributed by atoms with E-state index in [-0.39, 0.29) is 17.4 Å².